The van der Waals surface area contributed by atoms with Gasteiger partial charge in [-0.2, -0.15) is 0 Å². The number of aldehydes is 1. The third-order valence-corrected chi connectivity index (χ3v) is 10.9. The highest BCUT2D eigenvalue weighted by Crippen LogP contribution is 2.44. The first-order chi connectivity index (χ1) is 30.4. The Bertz CT molecular complexity index is 1450. The van der Waals surface area contributed by atoms with Crippen LogP contribution in [0.25, 0.3) is 0 Å². The maximum absolute atomic E-state index is 12.6. The minimum atomic E-state index is -1.01. The van der Waals surface area contributed by atoms with Crippen LogP contribution in [0.3, 0.4) is 0 Å². The molecule has 0 aliphatic heterocycles. The molecule has 0 aromatic carbocycles. The summed E-state index contributed by atoms with van der Waals surface area (Å²) in [6, 6.07) is 0. The fraction of sp³-hybridized carbons (Fsp3) is 0.810. The summed E-state index contributed by atoms with van der Waals surface area (Å²) in [5, 5.41) is 45.4. The number of carbonyl (C=O) groups is 6. The smallest absolute Gasteiger partial charge is 0.246 e. The number of carbonyl (C=O) groups excluding carboxylic acids is 6. The molecule has 5 amide bonds. The molecule has 1 saturated carbocycles. The second-order valence-electron chi connectivity index (χ2n) is 16.8. The SMILES string of the molecule is CC(=O)NCCOCCOCCOCCNC(=O)COCC(=O)NCCCC1CC1(C=O)NC(=O)COCC(=O)NCCC(CCNC(C)(C)/C(C)=N\O)CCNC(C)(C)/C(C)=N\O. The van der Waals surface area contributed by atoms with Crippen molar-refractivity contribution >= 4 is 47.2 Å². The van der Waals surface area contributed by atoms with Gasteiger partial charge < -0.3 is 76.1 Å². The molecule has 368 valence electrons. The maximum Gasteiger partial charge on any atom is 0.246 e. The van der Waals surface area contributed by atoms with Crippen molar-refractivity contribution in [1.82, 2.24) is 37.2 Å². The van der Waals surface area contributed by atoms with Crippen LogP contribution in [0, 0.1) is 11.8 Å². The molecule has 22 nitrogen and oxygen atoms in total. The lowest BCUT2D eigenvalue weighted by molar-refractivity contribution is -0.133. The van der Waals surface area contributed by atoms with Crippen molar-refractivity contribution < 1.29 is 62.9 Å². The zero-order valence-corrected chi connectivity index (χ0v) is 39.1. The van der Waals surface area contributed by atoms with E-state index in [9.17, 15) is 39.2 Å². The molecule has 1 aliphatic rings. The van der Waals surface area contributed by atoms with Gasteiger partial charge in [-0.05, 0) is 105 Å². The Labute approximate surface area is 377 Å². The van der Waals surface area contributed by atoms with E-state index < -0.39 is 40.9 Å². The average Bonchev–Trinajstić information content (AvgIpc) is 3.94. The Kier molecular flexibility index (Phi) is 29.2. The van der Waals surface area contributed by atoms with Gasteiger partial charge in [0.2, 0.25) is 29.5 Å². The summed E-state index contributed by atoms with van der Waals surface area (Å²) in [7, 11) is 0. The monoisotopic (exact) mass is 916 g/mol. The number of amides is 5. The Balaban J connectivity index is 2.22. The van der Waals surface area contributed by atoms with Crippen molar-refractivity contribution in [3.8, 4) is 0 Å². The molecule has 0 saturated heterocycles. The largest absolute Gasteiger partial charge is 0.411 e. The Hall–Kier alpha value is -4.32. The van der Waals surface area contributed by atoms with Crippen LogP contribution in [0.2, 0.25) is 0 Å². The Morgan fingerprint density at radius 3 is 1.50 bits per heavy atom. The van der Waals surface area contributed by atoms with Crippen LogP contribution in [-0.4, -0.2) is 180 Å². The number of ether oxygens (including phenoxy) is 5. The molecule has 9 N–H and O–H groups in total. The van der Waals surface area contributed by atoms with Gasteiger partial charge in [0.05, 0.1) is 67.7 Å². The predicted molar refractivity (Wildman–Crippen MR) is 237 cm³/mol. The van der Waals surface area contributed by atoms with Gasteiger partial charge in [0.15, 0.2) is 0 Å². The molecule has 2 atom stereocenters. The molecule has 1 rings (SSSR count). The highest BCUT2D eigenvalue weighted by Gasteiger charge is 2.54. The lowest BCUT2D eigenvalue weighted by atomic mass is 9.94. The van der Waals surface area contributed by atoms with Crippen LogP contribution in [0.4, 0.5) is 0 Å². The van der Waals surface area contributed by atoms with Gasteiger partial charge in [0, 0.05) is 33.1 Å². The molecule has 1 aliphatic carbocycles. The van der Waals surface area contributed by atoms with Crippen molar-refractivity contribution in [3.63, 3.8) is 0 Å². The highest BCUT2D eigenvalue weighted by atomic mass is 16.5. The molecule has 0 bridgehead atoms. The van der Waals surface area contributed by atoms with Crippen molar-refractivity contribution in [1.29, 1.82) is 0 Å². The number of hydrogen-bond donors (Lipinski definition) is 9. The fourth-order valence-corrected chi connectivity index (χ4v) is 6.17. The zero-order chi connectivity index (χ0) is 47.9. The van der Waals surface area contributed by atoms with Crippen LogP contribution < -0.4 is 37.2 Å². The summed E-state index contributed by atoms with van der Waals surface area (Å²) >= 11 is 0. The first-order valence-corrected chi connectivity index (χ1v) is 22.0. The van der Waals surface area contributed by atoms with Gasteiger partial charge in [-0.3, -0.25) is 24.0 Å². The van der Waals surface area contributed by atoms with E-state index in [0.29, 0.717) is 109 Å². The molecule has 0 heterocycles. The van der Waals surface area contributed by atoms with Crippen LogP contribution in [0.15, 0.2) is 10.3 Å². The van der Waals surface area contributed by atoms with E-state index in [2.05, 4.69) is 47.5 Å². The minimum Gasteiger partial charge on any atom is -0.411 e. The number of rotatable bonds is 39. The minimum absolute atomic E-state index is 0.104. The summed E-state index contributed by atoms with van der Waals surface area (Å²) in [5.74, 6) is -1.68. The molecule has 2 unspecified atom stereocenters. The van der Waals surface area contributed by atoms with E-state index >= 15 is 0 Å². The Morgan fingerprint density at radius 1 is 0.609 bits per heavy atom. The van der Waals surface area contributed by atoms with E-state index in [1.54, 1.807) is 13.8 Å². The molecule has 0 aromatic heterocycles. The zero-order valence-electron chi connectivity index (χ0n) is 39.1. The fourth-order valence-electron chi connectivity index (χ4n) is 6.17. The van der Waals surface area contributed by atoms with Crippen molar-refractivity contribution in [2.24, 2.45) is 22.1 Å². The lowest BCUT2D eigenvalue weighted by Crippen LogP contribution is -2.47. The van der Waals surface area contributed by atoms with Gasteiger partial charge >= 0.3 is 0 Å². The highest BCUT2D eigenvalue weighted by molar-refractivity contribution is 5.90. The molecule has 0 aromatic rings. The van der Waals surface area contributed by atoms with Gasteiger partial charge in [0.1, 0.15) is 32.7 Å². The van der Waals surface area contributed by atoms with E-state index in [0.717, 1.165) is 12.8 Å². The lowest BCUT2D eigenvalue weighted by Gasteiger charge is -2.28. The van der Waals surface area contributed by atoms with Crippen molar-refractivity contribution in [2.45, 2.75) is 104 Å². The quantitative estimate of drug-likeness (QED) is 0.0125. The second-order valence-corrected chi connectivity index (χ2v) is 16.8. The first kappa shape index (κ1) is 57.7. The topological polar surface area (TPSA) is 298 Å². The number of oxime groups is 2. The Morgan fingerprint density at radius 2 is 1.03 bits per heavy atom. The summed E-state index contributed by atoms with van der Waals surface area (Å²) in [6.45, 7) is 16.3. The number of nitrogens with zero attached hydrogens (tertiary/aromatic N) is 2. The van der Waals surface area contributed by atoms with Crippen LogP contribution >= 0.6 is 0 Å². The molecule has 22 heteroatoms. The van der Waals surface area contributed by atoms with Gasteiger partial charge in [-0.15, -0.1) is 0 Å². The van der Waals surface area contributed by atoms with E-state index in [4.69, 9.17) is 23.7 Å². The third-order valence-electron chi connectivity index (χ3n) is 10.9. The molecule has 1 fully saturated rings. The third kappa shape index (κ3) is 26.5. The molecular formula is C42H77N9O13. The van der Waals surface area contributed by atoms with Crippen LogP contribution in [-0.2, 0) is 52.5 Å². The number of nitrogens with one attached hydrogen (secondary N) is 7. The predicted octanol–water partition coefficient (Wildman–Crippen LogP) is -0.369. The van der Waals surface area contributed by atoms with Crippen molar-refractivity contribution in [3.05, 3.63) is 0 Å². The molecule has 0 radical (unpaired) electrons. The maximum atomic E-state index is 12.6. The van der Waals surface area contributed by atoms with Crippen LogP contribution in [0.1, 0.15) is 87.0 Å². The van der Waals surface area contributed by atoms with E-state index in [1.807, 2.05) is 27.7 Å². The van der Waals surface area contributed by atoms with E-state index in [-0.39, 0.29) is 56.6 Å². The summed E-state index contributed by atoms with van der Waals surface area (Å²) in [6.07, 6.45) is 4.55. The standard InChI is InChI=1S/C42H77N9O13/c1-31(50-58)40(4,5)47-15-11-34(12-16-48-41(6,7)32(2)51-59)10-14-45-37(55)27-64-29-39(57)49-42(30-52)25-35(42)9-8-13-44-36(54)26-63-28-38(56)46-18-20-61-22-24-62-23-21-60-19-17-43-33(3)53/h30,34-35,47-48,58-59H,8-29H2,1-7H3,(H,43,53)(H,44,54)(H,45,55)(H,46,56)(H,49,57)/b50-31-,51-32-. The summed E-state index contributed by atoms with van der Waals surface area (Å²) in [4.78, 5) is 71.9. The molecule has 0 spiro atoms. The van der Waals surface area contributed by atoms with Crippen LogP contribution in [0.5, 0.6) is 0 Å². The van der Waals surface area contributed by atoms with Gasteiger partial charge in [-0.1, -0.05) is 10.3 Å². The normalized spacial score (nSPS) is 16.6. The first-order valence-electron chi connectivity index (χ1n) is 22.0. The summed E-state index contributed by atoms with van der Waals surface area (Å²) in [5.41, 5.74) is -0.881. The number of hydrogen-bond acceptors (Lipinski definition) is 17. The molecular weight excluding hydrogens is 839 g/mol. The van der Waals surface area contributed by atoms with E-state index in [1.165, 1.54) is 6.92 Å². The summed E-state index contributed by atoms with van der Waals surface area (Å²) < 4.78 is 26.6. The molecule has 64 heavy (non-hydrogen) atoms. The van der Waals surface area contributed by atoms with Gasteiger partial charge in [-0.25, -0.2) is 0 Å². The van der Waals surface area contributed by atoms with Gasteiger partial charge in [0.25, 0.3) is 0 Å². The second kappa shape index (κ2) is 32.4. The van der Waals surface area contributed by atoms with Crippen molar-refractivity contribution in [2.75, 3.05) is 105 Å². The average molecular weight is 916 g/mol.